The molecule has 0 aliphatic carbocycles. The summed E-state index contributed by atoms with van der Waals surface area (Å²) < 4.78 is 0. The highest BCUT2D eigenvalue weighted by atomic mass is 32.2. The molecule has 1 heterocycles. The van der Waals surface area contributed by atoms with Crippen LogP contribution in [-0.4, -0.2) is 35.8 Å². The maximum atomic E-state index is 9.34. The monoisotopic (exact) mass is 161 g/mol. The number of β-amino-alcohol motifs (C(OH)–C–C–N with tert-alkyl or cyclic N) is 1. The molecule has 0 amide bonds. The van der Waals surface area contributed by atoms with Crippen LogP contribution in [0.15, 0.2) is 0 Å². The fourth-order valence-electron chi connectivity index (χ4n) is 1.16. The molecule has 1 saturated heterocycles. The van der Waals surface area contributed by atoms with Gasteiger partial charge < -0.3 is 10.4 Å². The molecule has 2 atom stereocenters. The average Bonchev–Trinajstić information content (AvgIpc) is 2.31. The molecule has 10 heavy (non-hydrogen) atoms. The van der Waals surface area contributed by atoms with Crippen LogP contribution in [0.2, 0.25) is 0 Å². The van der Waals surface area contributed by atoms with Gasteiger partial charge in [-0.2, -0.15) is 11.8 Å². The van der Waals surface area contributed by atoms with Gasteiger partial charge in [-0.1, -0.05) is 6.92 Å². The van der Waals surface area contributed by atoms with E-state index in [0.717, 1.165) is 24.6 Å². The van der Waals surface area contributed by atoms with Crippen LogP contribution in [0, 0.1) is 5.92 Å². The van der Waals surface area contributed by atoms with E-state index in [1.807, 2.05) is 11.8 Å². The minimum atomic E-state index is -0.0981. The summed E-state index contributed by atoms with van der Waals surface area (Å²) in [5.41, 5.74) is 0. The molecule has 0 saturated carbocycles. The second-order valence-corrected chi connectivity index (χ2v) is 3.96. The fourth-order valence-corrected chi connectivity index (χ4v) is 2.04. The van der Waals surface area contributed by atoms with Crippen LogP contribution in [0.3, 0.4) is 0 Å². The van der Waals surface area contributed by atoms with E-state index in [0.29, 0.717) is 5.92 Å². The molecular formula is C7H15NOS. The zero-order chi connectivity index (χ0) is 7.40. The van der Waals surface area contributed by atoms with Crippen LogP contribution >= 0.6 is 11.8 Å². The van der Waals surface area contributed by atoms with E-state index >= 15 is 0 Å². The van der Waals surface area contributed by atoms with Crippen molar-refractivity contribution in [1.29, 1.82) is 0 Å². The highest BCUT2D eigenvalue weighted by Crippen LogP contribution is 2.14. The lowest BCUT2D eigenvalue weighted by Crippen LogP contribution is -2.19. The van der Waals surface area contributed by atoms with Gasteiger partial charge in [0.05, 0.1) is 6.10 Å². The normalized spacial score (nSPS) is 33.0. The topological polar surface area (TPSA) is 32.3 Å². The number of aliphatic hydroxyl groups excluding tert-OH is 1. The third kappa shape index (κ3) is 2.15. The predicted octanol–water partition coefficient (Wildman–Crippen LogP) is 0.320. The van der Waals surface area contributed by atoms with Crippen molar-refractivity contribution in [2.45, 2.75) is 13.0 Å². The minimum Gasteiger partial charge on any atom is -0.391 e. The predicted molar refractivity (Wildman–Crippen MR) is 45.4 cm³/mol. The Morgan fingerprint density at radius 2 is 2.40 bits per heavy atom. The largest absolute Gasteiger partial charge is 0.391 e. The van der Waals surface area contributed by atoms with Gasteiger partial charge in [0.25, 0.3) is 0 Å². The van der Waals surface area contributed by atoms with Crippen LogP contribution in [0.4, 0.5) is 0 Å². The van der Waals surface area contributed by atoms with Crippen molar-refractivity contribution < 1.29 is 5.11 Å². The Morgan fingerprint density at radius 1 is 1.60 bits per heavy atom. The van der Waals surface area contributed by atoms with Crippen LogP contribution < -0.4 is 5.32 Å². The molecule has 0 bridgehead atoms. The minimum absolute atomic E-state index is 0.0981. The first-order valence-electron chi connectivity index (χ1n) is 3.81. The molecular weight excluding hydrogens is 146 g/mol. The zero-order valence-corrected chi connectivity index (χ0v) is 7.16. The second kappa shape index (κ2) is 4.21. The van der Waals surface area contributed by atoms with E-state index in [4.69, 9.17) is 0 Å². The van der Waals surface area contributed by atoms with Crippen molar-refractivity contribution in [3.63, 3.8) is 0 Å². The Balaban J connectivity index is 2.14. The van der Waals surface area contributed by atoms with Gasteiger partial charge >= 0.3 is 0 Å². The molecule has 0 radical (unpaired) electrons. The number of hydrogen-bond donors (Lipinski definition) is 2. The first-order valence-corrected chi connectivity index (χ1v) is 4.96. The number of rotatable bonds is 3. The smallest absolute Gasteiger partial charge is 0.0712 e. The third-order valence-electron chi connectivity index (χ3n) is 1.84. The number of hydrogen-bond acceptors (Lipinski definition) is 3. The number of aliphatic hydroxyl groups is 1. The maximum Gasteiger partial charge on any atom is 0.0712 e. The van der Waals surface area contributed by atoms with E-state index in [2.05, 4.69) is 12.2 Å². The highest BCUT2D eigenvalue weighted by molar-refractivity contribution is 7.99. The summed E-state index contributed by atoms with van der Waals surface area (Å²) in [7, 11) is 0. The van der Waals surface area contributed by atoms with E-state index in [1.165, 1.54) is 0 Å². The lowest BCUT2D eigenvalue weighted by Gasteiger charge is -2.10. The second-order valence-electron chi connectivity index (χ2n) is 2.65. The molecule has 3 heteroatoms. The summed E-state index contributed by atoms with van der Waals surface area (Å²) in [6.07, 6.45) is -0.0981. The van der Waals surface area contributed by atoms with E-state index < -0.39 is 0 Å². The van der Waals surface area contributed by atoms with Gasteiger partial charge in [-0.05, 0) is 11.5 Å². The van der Waals surface area contributed by atoms with Gasteiger partial charge in [-0.15, -0.1) is 0 Å². The van der Waals surface area contributed by atoms with Gasteiger partial charge in [0, 0.05) is 19.0 Å². The lowest BCUT2D eigenvalue weighted by atomic mass is 10.1. The van der Waals surface area contributed by atoms with E-state index in [-0.39, 0.29) is 6.10 Å². The van der Waals surface area contributed by atoms with E-state index in [9.17, 15) is 5.11 Å². The summed E-state index contributed by atoms with van der Waals surface area (Å²) in [5, 5.41) is 12.5. The van der Waals surface area contributed by atoms with Crippen molar-refractivity contribution in [2.24, 2.45) is 5.92 Å². The Labute approximate surface area is 66.4 Å². The Hall–Kier alpha value is 0.270. The lowest BCUT2D eigenvalue weighted by molar-refractivity contribution is 0.158. The molecule has 1 fully saturated rings. The van der Waals surface area contributed by atoms with Gasteiger partial charge in [-0.25, -0.2) is 0 Å². The van der Waals surface area contributed by atoms with Crippen molar-refractivity contribution in [3.05, 3.63) is 0 Å². The van der Waals surface area contributed by atoms with Crippen LogP contribution in [0.1, 0.15) is 6.92 Å². The average molecular weight is 161 g/mol. The summed E-state index contributed by atoms with van der Waals surface area (Å²) in [6.45, 7) is 3.93. The number of nitrogens with one attached hydrogen (secondary N) is 1. The molecule has 0 aromatic carbocycles. The molecule has 0 aromatic heterocycles. The molecule has 60 valence electrons. The Morgan fingerprint density at radius 3 is 2.90 bits per heavy atom. The van der Waals surface area contributed by atoms with E-state index in [1.54, 1.807) is 0 Å². The zero-order valence-electron chi connectivity index (χ0n) is 6.34. The molecule has 0 spiro atoms. The summed E-state index contributed by atoms with van der Waals surface area (Å²) in [4.78, 5) is 0. The first-order chi connectivity index (χ1) is 4.84. The van der Waals surface area contributed by atoms with Gasteiger partial charge in [0.2, 0.25) is 0 Å². The molecule has 1 aliphatic heterocycles. The Kier molecular flexibility index (Phi) is 3.52. The third-order valence-corrected chi connectivity index (χ3v) is 2.91. The van der Waals surface area contributed by atoms with Crippen LogP contribution in [-0.2, 0) is 0 Å². The van der Waals surface area contributed by atoms with Crippen LogP contribution in [0.25, 0.3) is 0 Å². The van der Waals surface area contributed by atoms with Crippen LogP contribution in [0.5, 0.6) is 0 Å². The summed E-state index contributed by atoms with van der Waals surface area (Å²) in [6, 6.07) is 0. The molecule has 2 nitrogen and oxygen atoms in total. The summed E-state index contributed by atoms with van der Waals surface area (Å²) >= 11 is 1.91. The standard InChI is InChI=1S/C7H15NOS/c1-2-10-5-6-3-8-4-7(6)9/h6-9H,2-5H2,1H3/t6-,7+/m1/s1. The molecule has 0 unspecified atom stereocenters. The van der Waals surface area contributed by atoms with Gasteiger partial charge in [-0.3, -0.25) is 0 Å². The molecule has 1 aliphatic rings. The van der Waals surface area contributed by atoms with Crippen molar-refractivity contribution in [3.8, 4) is 0 Å². The number of thioether (sulfide) groups is 1. The maximum absolute atomic E-state index is 9.34. The van der Waals surface area contributed by atoms with Crippen molar-refractivity contribution in [2.75, 3.05) is 24.6 Å². The van der Waals surface area contributed by atoms with Gasteiger partial charge in [0.15, 0.2) is 0 Å². The highest BCUT2D eigenvalue weighted by Gasteiger charge is 2.23. The molecule has 1 rings (SSSR count). The SMILES string of the molecule is CCSC[C@H]1CNC[C@@H]1O. The summed E-state index contributed by atoms with van der Waals surface area (Å²) in [5.74, 6) is 2.75. The Bertz CT molecular complexity index is 99.6. The molecule has 0 aromatic rings. The fraction of sp³-hybridized carbons (Fsp3) is 1.00. The van der Waals surface area contributed by atoms with Crippen molar-refractivity contribution in [1.82, 2.24) is 5.32 Å². The van der Waals surface area contributed by atoms with Crippen molar-refractivity contribution >= 4 is 11.8 Å². The van der Waals surface area contributed by atoms with Gasteiger partial charge in [0.1, 0.15) is 0 Å². The quantitative estimate of drug-likeness (QED) is 0.625. The molecule has 2 N–H and O–H groups in total. The first kappa shape index (κ1) is 8.37.